The van der Waals surface area contributed by atoms with Crippen LogP contribution >= 0.6 is 0 Å². The van der Waals surface area contributed by atoms with Gasteiger partial charge < -0.3 is 15.4 Å². The molecule has 0 bridgehead atoms. The van der Waals surface area contributed by atoms with E-state index < -0.39 is 0 Å². The molecule has 0 aromatic heterocycles. The molecular weight excluding hydrogens is 228 g/mol. The highest BCUT2D eigenvalue weighted by atomic mass is 16.5. The van der Waals surface area contributed by atoms with Crippen molar-refractivity contribution < 1.29 is 9.53 Å². The summed E-state index contributed by atoms with van der Waals surface area (Å²) in [5.74, 6) is 0.693. The van der Waals surface area contributed by atoms with Gasteiger partial charge >= 0.3 is 0 Å². The minimum absolute atomic E-state index is 0.0113. The molecular formula is C14H26N2O2. The predicted molar refractivity (Wildman–Crippen MR) is 73.4 cm³/mol. The van der Waals surface area contributed by atoms with Crippen molar-refractivity contribution in [3.8, 4) is 0 Å². The molecule has 18 heavy (non-hydrogen) atoms. The number of hydrogen-bond acceptors (Lipinski definition) is 3. The number of piperidine rings is 1. The van der Waals surface area contributed by atoms with E-state index in [-0.39, 0.29) is 12.0 Å². The van der Waals surface area contributed by atoms with Crippen LogP contribution in [0.25, 0.3) is 0 Å². The lowest BCUT2D eigenvalue weighted by molar-refractivity contribution is -0.131. The zero-order valence-electron chi connectivity index (χ0n) is 11.4. The normalized spacial score (nSPS) is 21.3. The highest BCUT2D eigenvalue weighted by Gasteiger charge is 2.15. The summed E-state index contributed by atoms with van der Waals surface area (Å²) in [5.41, 5.74) is 0. The molecule has 0 aromatic rings. The Balaban J connectivity index is 2.06. The van der Waals surface area contributed by atoms with Gasteiger partial charge in [0.05, 0.1) is 6.61 Å². The molecule has 1 rings (SSSR count). The lowest BCUT2D eigenvalue weighted by Crippen LogP contribution is -2.37. The van der Waals surface area contributed by atoms with Crippen LogP contribution in [-0.2, 0) is 9.53 Å². The van der Waals surface area contributed by atoms with Gasteiger partial charge in [0.25, 0.3) is 0 Å². The van der Waals surface area contributed by atoms with E-state index in [1.807, 2.05) is 0 Å². The maximum absolute atomic E-state index is 11.7. The average molecular weight is 254 g/mol. The maximum Gasteiger partial charge on any atom is 0.248 e. The zero-order chi connectivity index (χ0) is 13.2. The third-order valence-electron chi connectivity index (χ3n) is 3.31. The van der Waals surface area contributed by atoms with E-state index in [1.54, 1.807) is 13.0 Å². The van der Waals surface area contributed by atoms with Crippen LogP contribution in [0.2, 0.25) is 0 Å². The van der Waals surface area contributed by atoms with E-state index in [0.717, 1.165) is 32.5 Å². The molecule has 2 atom stereocenters. The van der Waals surface area contributed by atoms with Gasteiger partial charge in [0.2, 0.25) is 5.91 Å². The van der Waals surface area contributed by atoms with Crippen LogP contribution < -0.4 is 10.6 Å². The SMILES string of the molecule is C=CCCOC(C)C(=O)NCCC1CCCNC1. The molecule has 0 spiro atoms. The number of hydrogen-bond donors (Lipinski definition) is 2. The van der Waals surface area contributed by atoms with E-state index in [4.69, 9.17) is 4.74 Å². The number of carbonyl (C=O) groups is 1. The Morgan fingerprint density at radius 3 is 3.17 bits per heavy atom. The molecule has 1 saturated heterocycles. The summed E-state index contributed by atoms with van der Waals surface area (Å²) in [6.07, 6.45) is 5.78. The third-order valence-corrected chi connectivity index (χ3v) is 3.31. The molecule has 2 N–H and O–H groups in total. The van der Waals surface area contributed by atoms with Gasteiger partial charge in [-0.25, -0.2) is 0 Å². The summed E-state index contributed by atoms with van der Waals surface area (Å²) >= 11 is 0. The summed E-state index contributed by atoms with van der Waals surface area (Å²) < 4.78 is 5.39. The Labute approximate surface area is 110 Å². The molecule has 0 radical (unpaired) electrons. The summed E-state index contributed by atoms with van der Waals surface area (Å²) in [4.78, 5) is 11.7. The Hall–Kier alpha value is -0.870. The second-order valence-electron chi connectivity index (χ2n) is 4.88. The van der Waals surface area contributed by atoms with Crippen LogP contribution in [-0.4, -0.2) is 38.3 Å². The largest absolute Gasteiger partial charge is 0.368 e. The molecule has 104 valence electrons. The third kappa shape index (κ3) is 6.17. The Bertz CT molecular complexity index is 250. The number of carbonyl (C=O) groups excluding carboxylic acids is 1. The number of ether oxygens (including phenoxy) is 1. The van der Waals surface area contributed by atoms with Crippen molar-refractivity contribution in [1.29, 1.82) is 0 Å². The number of amides is 1. The van der Waals surface area contributed by atoms with Gasteiger partial charge in [0.15, 0.2) is 0 Å². The predicted octanol–water partition coefficient (Wildman–Crippen LogP) is 1.47. The van der Waals surface area contributed by atoms with Crippen LogP contribution in [0.1, 0.15) is 32.6 Å². The fourth-order valence-corrected chi connectivity index (χ4v) is 2.12. The van der Waals surface area contributed by atoms with E-state index in [9.17, 15) is 4.79 Å². The Morgan fingerprint density at radius 2 is 2.50 bits per heavy atom. The molecule has 1 aliphatic rings. The van der Waals surface area contributed by atoms with Crippen molar-refractivity contribution in [2.24, 2.45) is 5.92 Å². The average Bonchev–Trinajstić information content (AvgIpc) is 2.40. The van der Waals surface area contributed by atoms with Gasteiger partial charge in [0.1, 0.15) is 6.10 Å². The van der Waals surface area contributed by atoms with Crippen molar-refractivity contribution in [1.82, 2.24) is 10.6 Å². The van der Waals surface area contributed by atoms with Crippen LogP contribution in [0, 0.1) is 5.92 Å². The minimum atomic E-state index is -0.366. The Morgan fingerprint density at radius 1 is 1.67 bits per heavy atom. The van der Waals surface area contributed by atoms with Gasteiger partial charge in [-0.15, -0.1) is 6.58 Å². The lowest BCUT2D eigenvalue weighted by atomic mass is 9.96. The molecule has 1 fully saturated rings. The van der Waals surface area contributed by atoms with Crippen molar-refractivity contribution in [2.75, 3.05) is 26.2 Å². The quantitative estimate of drug-likeness (QED) is 0.509. The molecule has 1 heterocycles. The van der Waals surface area contributed by atoms with Gasteiger partial charge in [-0.2, -0.15) is 0 Å². The number of rotatable bonds is 8. The second kappa shape index (κ2) is 9.11. The van der Waals surface area contributed by atoms with Gasteiger partial charge in [-0.1, -0.05) is 6.08 Å². The first kappa shape index (κ1) is 15.2. The van der Waals surface area contributed by atoms with Crippen LogP contribution in [0.3, 0.4) is 0 Å². The van der Waals surface area contributed by atoms with Crippen molar-refractivity contribution >= 4 is 5.91 Å². The Kier molecular flexibility index (Phi) is 7.69. The topological polar surface area (TPSA) is 50.4 Å². The monoisotopic (exact) mass is 254 g/mol. The van der Waals surface area contributed by atoms with Gasteiger partial charge in [0, 0.05) is 6.54 Å². The zero-order valence-corrected chi connectivity index (χ0v) is 11.4. The van der Waals surface area contributed by atoms with Crippen LogP contribution in [0.4, 0.5) is 0 Å². The minimum Gasteiger partial charge on any atom is -0.368 e. The molecule has 0 saturated carbocycles. The number of nitrogens with one attached hydrogen (secondary N) is 2. The van der Waals surface area contributed by atoms with Crippen molar-refractivity contribution in [3.63, 3.8) is 0 Å². The molecule has 1 aliphatic heterocycles. The van der Waals surface area contributed by atoms with Crippen molar-refractivity contribution in [3.05, 3.63) is 12.7 Å². The first-order valence-corrected chi connectivity index (χ1v) is 6.95. The molecule has 4 nitrogen and oxygen atoms in total. The van der Waals surface area contributed by atoms with Crippen LogP contribution in [0.15, 0.2) is 12.7 Å². The highest BCUT2D eigenvalue weighted by Crippen LogP contribution is 2.12. The highest BCUT2D eigenvalue weighted by molar-refractivity contribution is 5.80. The van der Waals surface area contributed by atoms with E-state index in [2.05, 4.69) is 17.2 Å². The fourth-order valence-electron chi connectivity index (χ4n) is 2.12. The molecule has 0 aromatic carbocycles. The van der Waals surface area contributed by atoms with Crippen LogP contribution in [0.5, 0.6) is 0 Å². The molecule has 0 aliphatic carbocycles. The van der Waals surface area contributed by atoms with Gasteiger partial charge in [-0.05, 0) is 51.6 Å². The fraction of sp³-hybridized carbons (Fsp3) is 0.786. The summed E-state index contributed by atoms with van der Waals surface area (Å²) in [6.45, 7) is 8.94. The van der Waals surface area contributed by atoms with E-state index in [1.165, 1.54) is 12.8 Å². The smallest absolute Gasteiger partial charge is 0.248 e. The van der Waals surface area contributed by atoms with Crippen molar-refractivity contribution in [2.45, 2.75) is 38.7 Å². The molecule has 4 heteroatoms. The lowest BCUT2D eigenvalue weighted by Gasteiger charge is -2.23. The first-order chi connectivity index (χ1) is 8.74. The van der Waals surface area contributed by atoms with E-state index in [0.29, 0.717) is 12.5 Å². The first-order valence-electron chi connectivity index (χ1n) is 6.95. The van der Waals surface area contributed by atoms with Gasteiger partial charge in [-0.3, -0.25) is 4.79 Å². The summed E-state index contributed by atoms with van der Waals surface area (Å²) in [6, 6.07) is 0. The van der Waals surface area contributed by atoms with E-state index >= 15 is 0 Å². The second-order valence-corrected chi connectivity index (χ2v) is 4.88. The standard InChI is InChI=1S/C14H26N2O2/c1-3-4-10-18-12(2)14(17)16-9-7-13-6-5-8-15-11-13/h3,12-13,15H,1,4-11H2,2H3,(H,16,17). The summed E-state index contributed by atoms with van der Waals surface area (Å²) in [5, 5.41) is 6.32. The summed E-state index contributed by atoms with van der Waals surface area (Å²) in [7, 11) is 0. The molecule has 1 amide bonds. The molecule has 2 unspecified atom stereocenters. The maximum atomic E-state index is 11.7.